The molecule has 1 aromatic heterocycles. The molecule has 0 atom stereocenters. The van der Waals surface area contributed by atoms with E-state index in [4.69, 9.17) is 5.11 Å². The van der Waals surface area contributed by atoms with Crippen molar-refractivity contribution in [1.29, 1.82) is 0 Å². The molecule has 2 N–H and O–H groups in total. The Labute approximate surface area is 115 Å². The van der Waals surface area contributed by atoms with Gasteiger partial charge < -0.3 is 10.4 Å². The molecule has 0 fully saturated rings. The van der Waals surface area contributed by atoms with Gasteiger partial charge in [-0.15, -0.1) is 0 Å². The summed E-state index contributed by atoms with van der Waals surface area (Å²) in [6, 6.07) is 18.3. The number of nitrogens with one attached hydrogen (secondary N) is 1. The number of para-hydroxylation sites is 1. The number of carboxylic acid groups (broad SMARTS) is 1. The lowest BCUT2D eigenvalue weighted by Gasteiger charge is -2.07. The largest absolute Gasteiger partial charge is 0.478 e. The van der Waals surface area contributed by atoms with E-state index < -0.39 is 5.97 Å². The highest BCUT2D eigenvalue weighted by Crippen LogP contribution is 2.19. The summed E-state index contributed by atoms with van der Waals surface area (Å²) < 4.78 is 0. The van der Waals surface area contributed by atoms with E-state index in [0.29, 0.717) is 0 Å². The Kier molecular flexibility index (Phi) is 3.05. The van der Waals surface area contributed by atoms with Crippen LogP contribution in [0.15, 0.2) is 60.7 Å². The Morgan fingerprint density at radius 3 is 2.45 bits per heavy atom. The summed E-state index contributed by atoms with van der Waals surface area (Å²) in [4.78, 5) is 15.3. The summed E-state index contributed by atoms with van der Waals surface area (Å²) >= 11 is 0. The first kappa shape index (κ1) is 12.2. The fourth-order valence-corrected chi connectivity index (χ4v) is 1.98. The number of hydrogen-bond donors (Lipinski definition) is 2. The molecule has 0 amide bonds. The molecule has 3 aromatic rings. The summed E-state index contributed by atoms with van der Waals surface area (Å²) in [7, 11) is 0. The highest BCUT2D eigenvalue weighted by atomic mass is 16.4. The number of nitrogens with zero attached hydrogens (tertiary/aromatic N) is 1. The number of benzene rings is 2. The van der Waals surface area contributed by atoms with E-state index in [1.165, 1.54) is 0 Å². The lowest BCUT2D eigenvalue weighted by atomic mass is 10.2. The Balaban J connectivity index is 1.87. The third-order valence-corrected chi connectivity index (χ3v) is 3.00. The Bertz CT molecular complexity index is 767. The molecule has 0 aliphatic heterocycles. The monoisotopic (exact) mass is 264 g/mol. The molecule has 0 aliphatic rings. The smallest absolute Gasteiger partial charge is 0.335 e. The van der Waals surface area contributed by atoms with Crippen molar-refractivity contribution >= 4 is 28.4 Å². The van der Waals surface area contributed by atoms with E-state index in [1.54, 1.807) is 24.3 Å². The van der Waals surface area contributed by atoms with Crippen LogP contribution in [0.2, 0.25) is 0 Å². The standard InChI is InChI=1S/C16H12N2O2/c19-16(20)12-5-8-13(9-6-12)17-15-10-7-11-3-1-2-4-14(11)18-15/h1-10H,(H,17,18)(H,19,20). The molecule has 98 valence electrons. The highest BCUT2D eigenvalue weighted by molar-refractivity contribution is 5.88. The molecule has 0 spiro atoms. The topological polar surface area (TPSA) is 62.2 Å². The molecule has 0 saturated heterocycles. The van der Waals surface area contributed by atoms with Gasteiger partial charge in [-0.25, -0.2) is 9.78 Å². The van der Waals surface area contributed by atoms with Crippen LogP contribution in [0, 0.1) is 0 Å². The lowest BCUT2D eigenvalue weighted by Crippen LogP contribution is -1.97. The molecule has 4 nitrogen and oxygen atoms in total. The minimum Gasteiger partial charge on any atom is -0.478 e. The number of fused-ring (bicyclic) bond motifs is 1. The molecule has 20 heavy (non-hydrogen) atoms. The maximum absolute atomic E-state index is 10.8. The molecule has 0 aliphatic carbocycles. The first-order chi connectivity index (χ1) is 9.72. The number of carboxylic acids is 1. The molecular formula is C16H12N2O2. The van der Waals surface area contributed by atoms with E-state index in [2.05, 4.69) is 10.3 Å². The summed E-state index contributed by atoms with van der Waals surface area (Å²) in [6.07, 6.45) is 0. The summed E-state index contributed by atoms with van der Waals surface area (Å²) in [5.41, 5.74) is 1.99. The van der Waals surface area contributed by atoms with Crippen molar-refractivity contribution in [1.82, 2.24) is 4.98 Å². The first-order valence-corrected chi connectivity index (χ1v) is 6.18. The molecule has 0 unspecified atom stereocenters. The highest BCUT2D eigenvalue weighted by Gasteiger charge is 2.02. The van der Waals surface area contributed by atoms with Crippen molar-refractivity contribution in [2.75, 3.05) is 5.32 Å². The number of aromatic carboxylic acids is 1. The average molecular weight is 264 g/mol. The van der Waals surface area contributed by atoms with Gasteiger partial charge in [0.2, 0.25) is 0 Å². The quantitative estimate of drug-likeness (QED) is 0.757. The van der Waals surface area contributed by atoms with Crippen LogP contribution in [0.25, 0.3) is 10.9 Å². The maximum atomic E-state index is 10.8. The number of aromatic nitrogens is 1. The molecule has 0 saturated carbocycles. The van der Waals surface area contributed by atoms with Gasteiger partial charge in [0.15, 0.2) is 0 Å². The van der Waals surface area contributed by atoms with E-state index in [0.717, 1.165) is 22.4 Å². The second-order valence-electron chi connectivity index (χ2n) is 4.40. The second kappa shape index (κ2) is 5.01. The predicted molar refractivity (Wildman–Crippen MR) is 78.4 cm³/mol. The van der Waals surface area contributed by atoms with Crippen LogP contribution >= 0.6 is 0 Å². The van der Waals surface area contributed by atoms with Gasteiger partial charge in [-0.1, -0.05) is 18.2 Å². The summed E-state index contributed by atoms with van der Waals surface area (Å²) in [6.45, 7) is 0. The molecule has 0 radical (unpaired) electrons. The molecule has 4 heteroatoms. The van der Waals surface area contributed by atoms with Crippen LogP contribution in [0.1, 0.15) is 10.4 Å². The van der Waals surface area contributed by atoms with Crippen LogP contribution in [0.5, 0.6) is 0 Å². The Morgan fingerprint density at radius 2 is 1.70 bits per heavy atom. The zero-order chi connectivity index (χ0) is 13.9. The number of hydrogen-bond acceptors (Lipinski definition) is 3. The summed E-state index contributed by atoms with van der Waals surface area (Å²) in [5, 5.41) is 13.1. The SMILES string of the molecule is O=C(O)c1ccc(Nc2ccc3ccccc3n2)cc1. The molecule has 2 aromatic carbocycles. The molecular weight excluding hydrogens is 252 g/mol. The van der Waals surface area contributed by atoms with Crippen LogP contribution in [-0.2, 0) is 0 Å². The van der Waals surface area contributed by atoms with Crippen molar-refractivity contribution in [2.45, 2.75) is 0 Å². The van der Waals surface area contributed by atoms with Gasteiger partial charge >= 0.3 is 5.97 Å². The van der Waals surface area contributed by atoms with Crippen molar-refractivity contribution in [2.24, 2.45) is 0 Å². The van der Waals surface area contributed by atoms with Crippen molar-refractivity contribution < 1.29 is 9.90 Å². The molecule has 1 heterocycles. The van der Waals surface area contributed by atoms with E-state index in [-0.39, 0.29) is 5.56 Å². The van der Waals surface area contributed by atoms with E-state index in [1.807, 2.05) is 36.4 Å². The fourth-order valence-electron chi connectivity index (χ4n) is 1.98. The predicted octanol–water partition coefficient (Wildman–Crippen LogP) is 3.68. The fraction of sp³-hybridized carbons (Fsp3) is 0. The van der Waals surface area contributed by atoms with Gasteiger partial charge in [0.25, 0.3) is 0 Å². The number of rotatable bonds is 3. The number of pyridine rings is 1. The average Bonchev–Trinajstić information content (AvgIpc) is 2.48. The van der Waals surface area contributed by atoms with Crippen molar-refractivity contribution in [3.63, 3.8) is 0 Å². The minimum atomic E-state index is -0.930. The van der Waals surface area contributed by atoms with E-state index in [9.17, 15) is 4.79 Å². The summed E-state index contributed by atoms with van der Waals surface area (Å²) in [5.74, 6) is -0.202. The Morgan fingerprint density at radius 1 is 0.950 bits per heavy atom. The molecule has 3 rings (SSSR count). The molecule has 0 bridgehead atoms. The van der Waals surface area contributed by atoms with E-state index >= 15 is 0 Å². The first-order valence-electron chi connectivity index (χ1n) is 6.18. The van der Waals surface area contributed by atoms with Gasteiger partial charge in [-0.05, 0) is 42.5 Å². The van der Waals surface area contributed by atoms with Crippen LogP contribution in [-0.4, -0.2) is 16.1 Å². The Hall–Kier alpha value is -2.88. The number of anilines is 2. The van der Waals surface area contributed by atoms with Gasteiger partial charge in [0.1, 0.15) is 5.82 Å². The second-order valence-corrected chi connectivity index (χ2v) is 4.40. The maximum Gasteiger partial charge on any atom is 0.335 e. The van der Waals surface area contributed by atoms with Gasteiger partial charge in [0, 0.05) is 11.1 Å². The zero-order valence-electron chi connectivity index (χ0n) is 10.6. The third-order valence-electron chi connectivity index (χ3n) is 3.00. The minimum absolute atomic E-state index is 0.266. The number of carbonyl (C=O) groups is 1. The van der Waals surface area contributed by atoms with Gasteiger partial charge in [0.05, 0.1) is 11.1 Å². The van der Waals surface area contributed by atoms with Gasteiger partial charge in [-0.2, -0.15) is 0 Å². The van der Waals surface area contributed by atoms with Crippen LogP contribution in [0.3, 0.4) is 0 Å². The van der Waals surface area contributed by atoms with Crippen molar-refractivity contribution in [3.05, 3.63) is 66.2 Å². The van der Waals surface area contributed by atoms with Gasteiger partial charge in [-0.3, -0.25) is 0 Å². The van der Waals surface area contributed by atoms with Crippen LogP contribution < -0.4 is 5.32 Å². The zero-order valence-corrected chi connectivity index (χ0v) is 10.6. The normalized spacial score (nSPS) is 10.4. The lowest BCUT2D eigenvalue weighted by molar-refractivity contribution is 0.0697. The van der Waals surface area contributed by atoms with Crippen LogP contribution in [0.4, 0.5) is 11.5 Å². The third kappa shape index (κ3) is 2.44. The van der Waals surface area contributed by atoms with Crippen molar-refractivity contribution in [3.8, 4) is 0 Å².